The van der Waals surface area contributed by atoms with Crippen molar-refractivity contribution in [3.8, 4) is 5.75 Å². The fourth-order valence-electron chi connectivity index (χ4n) is 2.09. The molecule has 1 nitrogen and oxygen atoms in total. The first kappa shape index (κ1) is 14.7. The van der Waals surface area contributed by atoms with Crippen molar-refractivity contribution in [2.45, 2.75) is 19.2 Å². The first-order valence-corrected chi connectivity index (χ1v) is 7.59. The van der Waals surface area contributed by atoms with Gasteiger partial charge in [-0.15, -0.1) is 11.6 Å². The molecule has 0 bridgehead atoms. The molecule has 0 aliphatic heterocycles. The predicted octanol–water partition coefficient (Wildman–Crippen LogP) is 5.24. The Labute approximate surface area is 133 Å². The fourth-order valence-corrected chi connectivity index (χ4v) is 3.29. The lowest BCUT2D eigenvalue weighted by atomic mass is 10.00. The van der Waals surface area contributed by atoms with Crippen LogP contribution in [0.3, 0.4) is 0 Å². The highest BCUT2D eigenvalue weighted by atomic mass is 127. The van der Waals surface area contributed by atoms with Gasteiger partial charge in [0, 0.05) is 9.13 Å². The third-order valence-electron chi connectivity index (χ3n) is 3.15. The van der Waals surface area contributed by atoms with E-state index in [9.17, 15) is 0 Å². The van der Waals surface area contributed by atoms with Gasteiger partial charge in [0.2, 0.25) is 0 Å². The van der Waals surface area contributed by atoms with E-state index in [1.54, 1.807) is 7.11 Å². The maximum atomic E-state index is 6.68. The van der Waals surface area contributed by atoms with Crippen molar-refractivity contribution in [3.63, 3.8) is 0 Å². The minimum absolute atomic E-state index is 0.193. The smallest absolute Gasteiger partial charge is 0.123 e. The van der Waals surface area contributed by atoms with E-state index in [1.807, 2.05) is 18.2 Å². The average Bonchev–Trinajstić information content (AvgIpc) is 2.41. The lowest BCUT2D eigenvalue weighted by Gasteiger charge is -2.17. The summed E-state index contributed by atoms with van der Waals surface area (Å²) >= 11 is 9.03. The van der Waals surface area contributed by atoms with E-state index in [0.29, 0.717) is 0 Å². The third kappa shape index (κ3) is 3.06. The Morgan fingerprint density at radius 2 is 1.84 bits per heavy atom. The molecule has 0 aliphatic carbocycles. The van der Waals surface area contributed by atoms with E-state index in [4.69, 9.17) is 16.3 Å². The highest BCUT2D eigenvalue weighted by Crippen LogP contribution is 2.38. The molecular weight excluding hydrogens is 371 g/mol. The number of hydrogen-bond donors (Lipinski definition) is 0. The Morgan fingerprint density at radius 3 is 2.53 bits per heavy atom. The summed E-state index contributed by atoms with van der Waals surface area (Å²) in [5.74, 6) is 0.836. The van der Waals surface area contributed by atoms with Crippen LogP contribution in [0.15, 0.2) is 36.4 Å². The van der Waals surface area contributed by atoms with Crippen molar-refractivity contribution in [2.24, 2.45) is 0 Å². The van der Waals surface area contributed by atoms with Crippen molar-refractivity contribution in [3.05, 3.63) is 62.2 Å². The zero-order chi connectivity index (χ0) is 14.0. The minimum Gasteiger partial charge on any atom is -0.496 e. The van der Waals surface area contributed by atoms with Gasteiger partial charge in [-0.1, -0.05) is 35.9 Å². The maximum absolute atomic E-state index is 6.68. The van der Waals surface area contributed by atoms with Gasteiger partial charge in [-0.25, -0.2) is 0 Å². The first-order valence-electron chi connectivity index (χ1n) is 6.08. The van der Waals surface area contributed by atoms with E-state index in [-0.39, 0.29) is 5.38 Å². The number of hydrogen-bond acceptors (Lipinski definition) is 1. The Morgan fingerprint density at radius 1 is 1.11 bits per heavy atom. The van der Waals surface area contributed by atoms with Crippen molar-refractivity contribution in [1.82, 2.24) is 0 Å². The second-order valence-electron chi connectivity index (χ2n) is 4.59. The molecule has 0 saturated heterocycles. The second kappa shape index (κ2) is 6.14. The molecule has 2 aromatic carbocycles. The summed E-state index contributed by atoms with van der Waals surface area (Å²) in [7, 11) is 1.68. The molecule has 2 aromatic rings. The number of halogens is 2. The number of rotatable bonds is 3. The normalized spacial score (nSPS) is 12.3. The molecule has 100 valence electrons. The van der Waals surface area contributed by atoms with Crippen molar-refractivity contribution in [2.75, 3.05) is 7.11 Å². The van der Waals surface area contributed by atoms with E-state index in [2.05, 4.69) is 54.6 Å². The summed E-state index contributed by atoms with van der Waals surface area (Å²) < 4.78 is 6.64. The van der Waals surface area contributed by atoms with Crippen LogP contribution in [0.4, 0.5) is 0 Å². The zero-order valence-electron chi connectivity index (χ0n) is 11.2. The van der Waals surface area contributed by atoms with Crippen LogP contribution in [0.1, 0.15) is 27.6 Å². The molecule has 0 amide bonds. The quantitative estimate of drug-likeness (QED) is 0.517. The molecular formula is C16H16ClIO. The summed E-state index contributed by atoms with van der Waals surface area (Å²) in [6.45, 7) is 4.16. The summed E-state index contributed by atoms with van der Waals surface area (Å²) in [6.07, 6.45) is 0. The van der Waals surface area contributed by atoms with Gasteiger partial charge in [-0.3, -0.25) is 0 Å². The van der Waals surface area contributed by atoms with E-state index in [0.717, 1.165) is 16.9 Å². The lowest BCUT2D eigenvalue weighted by molar-refractivity contribution is 0.410. The number of ether oxygens (including phenoxy) is 1. The van der Waals surface area contributed by atoms with Crippen molar-refractivity contribution >= 4 is 34.2 Å². The van der Waals surface area contributed by atoms with Crippen LogP contribution >= 0.6 is 34.2 Å². The van der Waals surface area contributed by atoms with Crippen molar-refractivity contribution < 1.29 is 4.74 Å². The molecule has 0 saturated carbocycles. The largest absolute Gasteiger partial charge is 0.496 e. The summed E-state index contributed by atoms with van der Waals surface area (Å²) in [5.41, 5.74) is 4.58. The highest BCUT2D eigenvalue weighted by Gasteiger charge is 2.18. The number of benzene rings is 2. The number of methoxy groups -OCH3 is 1. The Bertz CT molecular complexity index is 595. The molecule has 3 heteroatoms. The van der Waals surface area contributed by atoms with Gasteiger partial charge < -0.3 is 4.74 Å². The SMILES string of the molecule is COc1ccc(C)cc1C(Cl)c1cccc(C)c1I. The van der Waals surface area contributed by atoms with E-state index >= 15 is 0 Å². The molecule has 1 atom stereocenters. The third-order valence-corrected chi connectivity index (χ3v) is 5.10. The molecule has 0 heterocycles. The number of aryl methyl sites for hydroxylation is 2. The van der Waals surface area contributed by atoms with Gasteiger partial charge in [0.1, 0.15) is 5.75 Å². The summed E-state index contributed by atoms with van der Waals surface area (Å²) in [6, 6.07) is 12.3. The minimum atomic E-state index is -0.193. The molecule has 0 radical (unpaired) electrons. The average molecular weight is 387 g/mol. The monoisotopic (exact) mass is 386 g/mol. The first-order chi connectivity index (χ1) is 9.04. The summed E-state index contributed by atoms with van der Waals surface area (Å²) in [4.78, 5) is 0. The van der Waals surface area contributed by atoms with Gasteiger partial charge >= 0.3 is 0 Å². The zero-order valence-corrected chi connectivity index (χ0v) is 14.1. The van der Waals surface area contributed by atoms with Crippen LogP contribution in [0.5, 0.6) is 5.75 Å². The molecule has 0 aliphatic rings. The Balaban J connectivity index is 2.52. The van der Waals surface area contributed by atoms with Crippen LogP contribution in [0.25, 0.3) is 0 Å². The van der Waals surface area contributed by atoms with E-state index < -0.39 is 0 Å². The van der Waals surface area contributed by atoms with Crippen LogP contribution in [0, 0.1) is 17.4 Å². The molecule has 0 aromatic heterocycles. The summed E-state index contributed by atoms with van der Waals surface area (Å²) in [5, 5.41) is -0.193. The maximum Gasteiger partial charge on any atom is 0.123 e. The molecule has 1 unspecified atom stereocenters. The molecule has 0 spiro atoms. The lowest BCUT2D eigenvalue weighted by Crippen LogP contribution is -2.01. The molecule has 2 rings (SSSR count). The second-order valence-corrected chi connectivity index (χ2v) is 6.10. The molecule has 19 heavy (non-hydrogen) atoms. The molecule has 0 N–H and O–H groups in total. The van der Waals surface area contributed by atoms with Gasteiger partial charge in [0.15, 0.2) is 0 Å². The van der Waals surface area contributed by atoms with Crippen LogP contribution < -0.4 is 4.74 Å². The predicted molar refractivity (Wildman–Crippen MR) is 89.3 cm³/mol. The molecule has 0 fully saturated rings. The Kier molecular flexibility index (Phi) is 4.74. The van der Waals surface area contributed by atoms with Crippen molar-refractivity contribution in [1.29, 1.82) is 0 Å². The van der Waals surface area contributed by atoms with Gasteiger partial charge in [-0.2, -0.15) is 0 Å². The van der Waals surface area contributed by atoms with Gasteiger partial charge in [0.25, 0.3) is 0 Å². The Hall–Kier alpha value is -0.740. The highest BCUT2D eigenvalue weighted by molar-refractivity contribution is 14.1. The standard InChI is InChI=1S/C16H16ClIO/c1-10-7-8-14(19-3)13(9-10)15(17)12-6-4-5-11(2)16(12)18/h4-9,15H,1-3H3. The number of alkyl halides is 1. The van der Waals surface area contributed by atoms with E-state index in [1.165, 1.54) is 14.7 Å². The van der Waals surface area contributed by atoms with Gasteiger partial charge in [0.05, 0.1) is 12.5 Å². The van der Waals surface area contributed by atoms with Gasteiger partial charge in [-0.05, 0) is 53.6 Å². The van der Waals surface area contributed by atoms with Crippen LogP contribution in [-0.2, 0) is 0 Å². The van der Waals surface area contributed by atoms with Crippen LogP contribution in [0.2, 0.25) is 0 Å². The fraction of sp³-hybridized carbons (Fsp3) is 0.250. The topological polar surface area (TPSA) is 9.23 Å². The van der Waals surface area contributed by atoms with Crippen LogP contribution in [-0.4, -0.2) is 7.11 Å².